The zero-order valence-corrected chi connectivity index (χ0v) is 10.7. The van der Waals surface area contributed by atoms with E-state index in [-0.39, 0.29) is 6.04 Å². The lowest BCUT2D eigenvalue weighted by atomic mass is 9.78. The first-order valence-corrected chi connectivity index (χ1v) is 7.00. The summed E-state index contributed by atoms with van der Waals surface area (Å²) in [6, 6.07) is 1.20. The fourth-order valence-electron chi connectivity index (χ4n) is 3.35. The molecule has 0 aromatic carbocycles. The summed E-state index contributed by atoms with van der Waals surface area (Å²) >= 11 is 0. The highest BCUT2D eigenvalue weighted by molar-refractivity contribution is 5.30. The Morgan fingerprint density at radius 1 is 1.22 bits per heavy atom. The molecule has 18 heavy (non-hydrogen) atoms. The Balaban J connectivity index is 1.66. The summed E-state index contributed by atoms with van der Waals surface area (Å²) < 4.78 is 0. The Morgan fingerprint density at radius 3 is 2.89 bits per heavy atom. The Morgan fingerprint density at radius 2 is 2.11 bits per heavy atom. The minimum Gasteiger partial charge on any atom is -0.513 e. The number of aliphatic hydroxyl groups is 1. The van der Waals surface area contributed by atoms with Crippen molar-refractivity contribution in [1.82, 2.24) is 5.32 Å². The second-order valence-electron chi connectivity index (χ2n) is 5.76. The van der Waals surface area contributed by atoms with Gasteiger partial charge in [0.05, 0.1) is 5.76 Å². The van der Waals surface area contributed by atoms with E-state index in [9.17, 15) is 5.11 Å². The number of hydrogen-bond acceptors (Lipinski definition) is 3. The Labute approximate surface area is 108 Å². The topological polar surface area (TPSA) is 58.3 Å². The molecule has 1 fully saturated rings. The zero-order chi connectivity index (χ0) is 12.5. The molecular formula is C15H22N2O. The average molecular weight is 246 g/mol. The number of fused-ring (bicyclic) bond motifs is 1. The highest BCUT2D eigenvalue weighted by Crippen LogP contribution is 2.33. The summed E-state index contributed by atoms with van der Waals surface area (Å²) in [5.74, 6) is 1.20. The van der Waals surface area contributed by atoms with E-state index in [1.807, 2.05) is 6.08 Å². The van der Waals surface area contributed by atoms with Crippen LogP contribution in [0.3, 0.4) is 0 Å². The van der Waals surface area contributed by atoms with Gasteiger partial charge in [0.2, 0.25) is 0 Å². The second kappa shape index (κ2) is 4.90. The van der Waals surface area contributed by atoms with Gasteiger partial charge >= 0.3 is 0 Å². The normalized spacial score (nSPS) is 39.8. The van der Waals surface area contributed by atoms with Crippen molar-refractivity contribution in [2.45, 2.75) is 50.2 Å². The minimum atomic E-state index is 0.194. The molecule has 0 aromatic rings. The summed E-state index contributed by atoms with van der Waals surface area (Å²) in [6.07, 6.45) is 13.7. The summed E-state index contributed by atoms with van der Waals surface area (Å²) in [7, 11) is 0. The van der Waals surface area contributed by atoms with Crippen LogP contribution in [0, 0.1) is 5.92 Å². The predicted molar refractivity (Wildman–Crippen MR) is 73.2 cm³/mol. The van der Waals surface area contributed by atoms with Crippen LogP contribution in [0.15, 0.2) is 35.6 Å². The molecule has 0 radical (unpaired) electrons. The van der Waals surface area contributed by atoms with E-state index >= 15 is 0 Å². The van der Waals surface area contributed by atoms with Crippen LogP contribution in [-0.2, 0) is 0 Å². The quantitative estimate of drug-likeness (QED) is 0.664. The first kappa shape index (κ1) is 12.0. The van der Waals surface area contributed by atoms with E-state index in [2.05, 4.69) is 23.5 Å². The number of rotatable bonds is 1. The van der Waals surface area contributed by atoms with Gasteiger partial charge in [-0.15, -0.1) is 0 Å². The molecule has 2 aliphatic carbocycles. The Hall–Kier alpha value is -1.06. The third-order valence-corrected chi connectivity index (χ3v) is 4.45. The van der Waals surface area contributed by atoms with E-state index < -0.39 is 0 Å². The monoisotopic (exact) mass is 246 g/mol. The SMILES string of the molecule is NC1C=CC(C2CC[C@@H]3CC(O)=CC[C@@H]3N2)=CC1. The number of nitrogens with one attached hydrogen (secondary N) is 1. The van der Waals surface area contributed by atoms with Gasteiger partial charge in [0.1, 0.15) is 0 Å². The Kier molecular flexibility index (Phi) is 3.27. The molecule has 1 aliphatic heterocycles. The van der Waals surface area contributed by atoms with Gasteiger partial charge in [-0.05, 0) is 43.3 Å². The molecule has 2 unspecified atom stereocenters. The molecule has 1 heterocycles. The van der Waals surface area contributed by atoms with Crippen LogP contribution < -0.4 is 11.1 Å². The minimum absolute atomic E-state index is 0.194. The fourth-order valence-corrected chi connectivity index (χ4v) is 3.35. The predicted octanol–water partition coefficient (Wildman–Crippen LogP) is 2.17. The van der Waals surface area contributed by atoms with E-state index in [0.717, 1.165) is 19.3 Å². The van der Waals surface area contributed by atoms with Crippen LogP contribution in [0.1, 0.15) is 32.1 Å². The molecule has 0 amide bonds. The molecule has 98 valence electrons. The van der Waals surface area contributed by atoms with Crippen LogP contribution in [-0.4, -0.2) is 23.2 Å². The van der Waals surface area contributed by atoms with Crippen molar-refractivity contribution < 1.29 is 5.11 Å². The van der Waals surface area contributed by atoms with Crippen molar-refractivity contribution in [1.29, 1.82) is 0 Å². The van der Waals surface area contributed by atoms with E-state index in [4.69, 9.17) is 5.73 Å². The molecule has 0 bridgehead atoms. The van der Waals surface area contributed by atoms with E-state index in [1.165, 1.54) is 18.4 Å². The average Bonchev–Trinajstić information content (AvgIpc) is 2.39. The molecule has 0 spiro atoms. The third-order valence-electron chi connectivity index (χ3n) is 4.45. The van der Waals surface area contributed by atoms with Crippen LogP contribution in [0.4, 0.5) is 0 Å². The number of allylic oxidation sites excluding steroid dienone is 1. The maximum absolute atomic E-state index is 9.59. The zero-order valence-electron chi connectivity index (χ0n) is 10.7. The van der Waals surface area contributed by atoms with Crippen LogP contribution in [0.25, 0.3) is 0 Å². The standard InChI is InChI=1S/C15H22N2O/c16-12-4-1-10(2-5-12)14-7-3-11-9-13(18)6-8-15(11)17-14/h1-2,4,6,11-12,14-15,17-18H,3,5,7-9,16H2/t11-,12?,14?,15+/m1/s1. The van der Waals surface area contributed by atoms with Gasteiger partial charge in [0.15, 0.2) is 0 Å². The van der Waals surface area contributed by atoms with Crippen molar-refractivity contribution in [3.63, 3.8) is 0 Å². The van der Waals surface area contributed by atoms with Crippen molar-refractivity contribution in [3.8, 4) is 0 Å². The van der Waals surface area contributed by atoms with Crippen molar-refractivity contribution in [3.05, 3.63) is 35.6 Å². The molecule has 4 atom stereocenters. The summed E-state index contributed by atoms with van der Waals surface area (Å²) in [5, 5.41) is 13.3. The molecule has 3 aliphatic rings. The lowest BCUT2D eigenvalue weighted by Crippen LogP contribution is -2.49. The summed E-state index contributed by atoms with van der Waals surface area (Å²) in [4.78, 5) is 0. The molecule has 0 saturated carbocycles. The molecule has 4 N–H and O–H groups in total. The molecule has 0 aromatic heterocycles. The smallest absolute Gasteiger partial charge is 0.0886 e. The van der Waals surface area contributed by atoms with Crippen LogP contribution in [0.2, 0.25) is 0 Å². The second-order valence-corrected chi connectivity index (χ2v) is 5.76. The van der Waals surface area contributed by atoms with Crippen molar-refractivity contribution in [2.24, 2.45) is 11.7 Å². The number of nitrogens with two attached hydrogens (primary N) is 1. The summed E-state index contributed by atoms with van der Waals surface area (Å²) in [5.41, 5.74) is 7.26. The molecular weight excluding hydrogens is 224 g/mol. The lowest BCUT2D eigenvalue weighted by Gasteiger charge is -2.40. The van der Waals surface area contributed by atoms with Gasteiger partial charge in [-0.3, -0.25) is 0 Å². The number of aliphatic hydroxyl groups excluding tert-OH is 1. The molecule has 1 saturated heterocycles. The van der Waals surface area contributed by atoms with Crippen molar-refractivity contribution in [2.75, 3.05) is 0 Å². The maximum Gasteiger partial charge on any atom is 0.0886 e. The maximum atomic E-state index is 9.59. The van der Waals surface area contributed by atoms with E-state index in [0.29, 0.717) is 23.8 Å². The number of piperidine rings is 1. The van der Waals surface area contributed by atoms with Crippen LogP contribution in [0.5, 0.6) is 0 Å². The van der Waals surface area contributed by atoms with Gasteiger partial charge in [-0.1, -0.05) is 18.2 Å². The van der Waals surface area contributed by atoms with Crippen molar-refractivity contribution >= 4 is 0 Å². The first-order valence-electron chi connectivity index (χ1n) is 7.00. The highest BCUT2D eigenvalue weighted by atomic mass is 16.3. The fraction of sp³-hybridized carbons (Fsp3) is 0.600. The Bertz CT molecular complexity index is 411. The van der Waals surface area contributed by atoms with Gasteiger partial charge in [-0.2, -0.15) is 0 Å². The van der Waals surface area contributed by atoms with Gasteiger partial charge in [0, 0.05) is 24.5 Å². The molecule has 3 rings (SSSR count). The molecule has 3 nitrogen and oxygen atoms in total. The summed E-state index contributed by atoms with van der Waals surface area (Å²) in [6.45, 7) is 0. The molecule has 3 heteroatoms. The van der Waals surface area contributed by atoms with Gasteiger partial charge in [0.25, 0.3) is 0 Å². The van der Waals surface area contributed by atoms with E-state index in [1.54, 1.807) is 0 Å². The van der Waals surface area contributed by atoms with Gasteiger partial charge < -0.3 is 16.2 Å². The number of hydrogen-bond donors (Lipinski definition) is 3. The van der Waals surface area contributed by atoms with Crippen LogP contribution >= 0.6 is 0 Å². The lowest BCUT2D eigenvalue weighted by molar-refractivity contribution is 0.206. The largest absolute Gasteiger partial charge is 0.513 e. The third kappa shape index (κ3) is 2.38. The van der Waals surface area contributed by atoms with Gasteiger partial charge in [-0.25, -0.2) is 0 Å². The first-order chi connectivity index (χ1) is 8.72. The highest BCUT2D eigenvalue weighted by Gasteiger charge is 2.33.